The van der Waals surface area contributed by atoms with Gasteiger partial charge in [0, 0.05) is 33.4 Å². The van der Waals surface area contributed by atoms with Gasteiger partial charge in [0.05, 0.1) is 23.7 Å². The van der Waals surface area contributed by atoms with Crippen LogP contribution in [0.25, 0.3) is 0 Å². The predicted octanol–water partition coefficient (Wildman–Crippen LogP) is 0.478. The highest BCUT2D eigenvalue weighted by atomic mass is 32.2. The molecule has 8 nitrogen and oxygen atoms in total. The molecular weight excluding hydrogens is 352 g/mol. The summed E-state index contributed by atoms with van der Waals surface area (Å²) in [7, 11) is 0.157. The highest BCUT2D eigenvalue weighted by Gasteiger charge is 2.28. The van der Waals surface area contributed by atoms with Gasteiger partial charge in [-0.05, 0) is 24.1 Å². The molecule has 0 saturated carbocycles. The van der Waals surface area contributed by atoms with E-state index >= 15 is 0 Å². The number of para-hydroxylation sites is 1. The van der Waals surface area contributed by atoms with Crippen molar-refractivity contribution in [1.29, 1.82) is 0 Å². The molecule has 2 N–H and O–H groups in total. The van der Waals surface area contributed by atoms with E-state index in [1.807, 2.05) is 37.4 Å². The zero-order valence-electron chi connectivity index (χ0n) is 15.0. The fraction of sp³-hybridized carbons (Fsp3) is 0.412. The number of sulfonamides is 1. The summed E-state index contributed by atoms with van der Waals surface area (Å²) in [6, 6.07) is 9.56. The fourth-order valence-electron chi connectivity index (χ4n) is 2.98. The molecule has 0 amide bonds. The van der Waals surface area contributed by atoms with Gasteiger partial charge in [0.1, 0.15) is 0 Å². The summed E-state index contributed by atoms with van der Waals surface area (Å²) in [4.78, 5) is 4.13. The number of benzene rings is 1. The molecule has 3 rings (SSSR count). The molecule has 1 aliphatic rings. The van der Waals surface area contributed by atoms with Crippen LogP contribution in [0.15, 0.2) is 41.5 Å². The van der Waals surface area contributed by atoms with Crippen molar-refractivity contribution in [1.82, 2.24) is 20.4 Å². The van der Waals surface area contributed by atoms with Crippen LogP contribution in [0.3, 0.4) is 0 Å². The maximum atomic E-state index is 12.7. The second-order valence-corrected chi connectivity index (χ2v) is 8.08. The summed E-state index contributed by atoms with van der Waals surface area (Å²) in [6.07, 6.45) is 2.49. The van der Waals surface area contributed by atoms with Crippen LogP contribution < -0.4 is 14.9 Å². The van der Waals surface area contributed by atoms with Crippen molar-refractivity contribution < 1.29 is 8.42 Å². The lowest BCUT2D eigenvalue weighted by molar-refractivity contribution is 0.590. The normalized spacial score (nSPS) is 14.4. The molecule has 0 spiro atoms. The highest BCUT2D eigenvalue weighted by Crippen LogP contribution is 2.29. The van der Waals surface area contributed by atoms with Gasteiger partial charge in [-0.1, -0.05) is 18.2 Å². The van der Waals surface area contributed by atoms with Crippen molar-refractivity contribution >= 4 is 21.7 Å². The topological polar surface area (TPSA) is 91.6 Å². The maximum Gasteiger partial charge on any atom is 0.236 e. The third-order valence-corrected chi connectivity index (χ3v) is 6.19. The SMILES string of the molecule is CN=C(NCCS(=O)(=O)N1CCc2ccccc21)NCc1ccnn1C. The van der Waals surface area contributed by atoms with Gasteiger partial charge >= 0.3 is 0 Å². The maximum absolute atomic E-state index is 12.7. The molecule has 0 saturated heterocycles. The number of nitrogens with one attached hydrogen (secondary N) is 2. The molecule has 2 aromatic rings. The summed E-state index contributed by atoms with van der Waals surface area (Å²) in [6.45, 7) is 1.35. The molecule has 2 heterocycles. The number of guanidine groups is 1. The van der Waals surface area contributed by atoms with Crippen LogP contribution in [-0.4, -0.2) is 50.0 Å². The van der Waals surface area contributed by atoms with Crippen molar-refractivity contribution in [2.45, 2.75) is 13.0 Å². The highest BCUT2D eigenvalue weighted by molar-refractivity contribution is 7.92. The number of fused-ring (bicyclic) bond motifs is 1. The number of anilines is 1. The quantitative estimate of drug-likeness (QED) is 0.565. The first-order chi connectivity index (χ1) is 12.5. The minimum atomic E-state index is -3.37. The van der Waals surface area contributed by atoms with Crippen molar-refractivity contribution in [2.75, 3.05) is 30.2 Å². The lowest BCUT2D eigenvalue weighted by Crippen LogP contribution is -2.41. The summed E-state index contributed by atoms with van der Waals surface area (Å²) in [5.41, 5.74) is 2.89. The molecule has 0 aliphatic carbocycles. The van der Waals surface area contributed by atoms with E-state index in [1.54, 1.807) is 17.9 Å². The van der Waals surface area contributed by atoms with Gasteiger partial charge in [0.25, 0.3) is 0 Å². The van der Waals surface area contributed by atoms with Gasteiger partial charge in [-0.3, -0.25) is 14.0 Å². The number of hydrogen-bond acceptors (Lipinski definition) is 4. The fourth-order valence-corrected chi connectivity index (χ4v) is 4.40. The summed E-state index contributed by atoms with van der Waals surface area (Å²) in [5.74, 6) is 0.566. The molecule has 0 radical (unpaired) electrons. The minimum Gasteiger partial charge on any atom is -0.355 e. The Labute approximate surface area is 154 Å². The van der Waals surface area contributed by atoms with E-state index in [4.69, 9.17) is 0 Å². The third kappa shape index (κ3) is 3.98. The average Bonchev–Trinajstić information content (AvgIpc) is 3.24. The summed E-state index contributed by atoms with van der Waals surface area (Å²) in [5, 5.41) is 10.3. The van der Waals surface area contributed by atoms with Gasteiger partial charge in [-0.15, -0.1) is 0 Å². The first-order valence-electron chi connectivity index (χ1n) is 8.51. The minimum absolute atomic E-state index is 0.00768. The van der Waals surface area contributed by atoms with Gasteiger partial charge in [0.15, 0.2) is 5.96 Å². The number of hydrogen-bond donors (Lipinski definition) is 2. The smallest absolute Gasteiger partial charge is 0.236 e. The molecule has 26 heavy (non-hydrogen) atoms. The van der Waals surface area contributed by atoms with E-state index in [-0.39, 0.29) is 12.3 Å². The molecule has 0 bridgehead atoms. The molecule has 0 unspecified atom stereocenters. The van der Waals surface area contributed by atoms with Gasteiger partial charge in [-0.25, -0.2) is 8.42 Å². The molecule has 0 atom stereocenters. The Morgan fingerprint density at radius 1 is 1.27 bits per heavy atom. The number of nitrogens with zero attached hydrogens (tertiary/aromatic N) is 4. The van der Waals surface area contributed by atoms with Crippen LogP contribution >= 0.6 is 0 Å². The largest absolute Gasteiger partial charge is 0.355 e. The Morgan fingerprint density at radius 2 is 2.08 bits per heavy atom. The Bertz CT molecular complexity index is 890. The van der Waals surface area contributed by atoms with E-state index in [2.05, 4.69) is 20.7 Å². The number of rotatable bonds is 6. The standard InChI is InChI=1S/C17H24N6O2S/c1-18-17(20-13-15-7-9-21-22(15)2)19-10-12-26(24,25)23-11-8-14-5-3-4-6-16(14)23/h3-7,9H,8,10-13H2,1-2H3,(H2,18,19,20). The second-order valence-electron chi connectivity index (χ2n) is 6.07. The van der Waals surface area contributed by atoms with Crippen LogP contribution in [0, 0.1) is 0 Å². The first kappa shape index (κ1) is 18.2. The predicted molar refractivity (Wildman–Crippen MR) is 103 cm³/mol. The first-order valence-corrected chi connectivity index (χ1v) is 10.1. The van der Waals surface area contributed by atoms with Gasteiger partial charge in [-0.2, -0.15) is 5.10 Å². The van der Waals surface area contributed by atoms with Crippen molar-refractivity contribution in [3.05, 3.63) is 47.8 Å². The molecule has 1 aliphatic heterocycles. The van der Waals surface area contributed by atoms with Crippen LogP contribution in [0.5, 0.6) is 0 Å². The van der Waals surface area contributed by atoms with Crippen molar-refractivity contribution in [2.24, 2.45) is 12.0 Å². The molecule has 9 heteroatoms. The van der Waals surface area contributed by atoms with Crippen LogP contribution in [0.4, 0.5) is 5.69 Å². The summed E-state index contributed by atoms with van der Waals surface area (Å²) < 4.78 is 28.6. The van der Waals surface area contributed by atoms with E-state index in [9.17, 15) is 8.42 Å². The second kappa shape index (κ2) is 7.77. The zero-order valence-corrected chi connectivity index (χ0v) is 15.8. The number of aliphatic imine (C=N–C) groups is 1. The molecule has 140 valence electrons. The molecule has 1 aromatic carbocycles. The Hall–Kier alpha value is -2.55. The van der Waals surface area contributed by atoms with E-state index in [0.717, 1.165) is 23.4 Å². The van der Waals surface area contributed by atoms with Gasteiger partial charge < -0.3 is 10.6 Å². The average molecular weight is 376 g/mol. The lowest BCUT2D eigenvalue weighted by atomic mass is 10.2. The number of aromatic nitrogens is 2. The lowest BCUT2D eigenvalue weighted by Gasteiger charge is -2.20. The van der Waals surface area contributed by atoms with Crippen LogP contribution in [0.2, 0.25) is 0 Å². The van der Waals surface area contributed by atoms with E-state index in [1.165, 1.54) is 4.31 Å². The van der Waals surface area contributed by atoms with Gasteiger partial charge in [0.2, 0.25) is 10.0 Å². The third-order valence-electron chi connectivity index (χ3n) is 4.42. The monoisotopic (exact) mass is 376 g/mol. The molecular formula is C17H24N6O2S. The zero-order chi connectivity index (χ0) is 18.6. The molecule has 0 fully saturated rings. The Morgan fingerprint density at radius 3 is 2.81 bits per heavy atom. The van der Waals surface area contributed by atoms with E-state index in [0.29, 0.717) is 19.0 Å². The van der Waals surface area contributed by atoms with Crippen molar-refractivity contribution in [3.8, 4) is 0 Å². The van der Waals surface area contributed by atoms with Crippen LogP contribution in [0.1, 0.15) is 11.3 Å². The van der Waals surface area contributed by atoms with Crippen LogP contribution in [-0.2, 0) is 30.0 Å². The number of aryl methyl sites for hydroxylation is 1. The van der Waals surface area contributed by atoms with Crippen molar-refractivity contribution in [3.63, 3.8) is 0 Å². The summed E-state index contributed by atoms with van der Waals surface area (Å²) >= 11 is 0. The van der Waals surface area contributed by atoms with E-state index < -0.39 is 10.0 Å². The molecule has 1 aromatic heterocycles. The Balaban J connectivity index is 1.52. The Kier molecular flexibility index (Phi) is 5.46.